The van der Waals surface area contributed by atoms with E-state index >= 15 is 0 Å². The van der Waals surface area contributed by atoms with Crippen LogP contribution in [0.3, 0.4) is 0 Å². The molecule has 0 spiro atoms. The molecule has 2 heterocycles. The molecule has 3 atom stereocenters. The molecule has 128 valence electrons. The van der Waals surface area contributed by atoms with E-state index in [4.69, 9.17) is 4.74 Å². The molecule has 0 aliphatic carbocycles. The van der Waals surface area contributed by atoms with Crippen LogP contribution in [0.2, 0.25) is 0 Å². The molecule has 22 heavy (non-hydrogen) atoms. The van der Waals surface area contributed by atoms with E-state index in [-0.39, 0.29) is 6.09 Å². The zero-order chi connectivity index (χ0) is 16.5. The summed E-state index contributed by atoms with van der Waals surface area (Å²) in [5.41, 5.74) is -0.0240. The van der Waals surface area contributed by atoms with Crippen molar-refractivity contribution < 1.29 is 9.53 Å². The molecule has 2 aliphatic heterocycles. The van der Waals surface area contributed by atoms with Crippen molar-refractivity contribution in [1.82, 2.24) is 10.2 Å². The fourth-order valence-corrected chi connectivity index (χ4v) is 3.68. The standard InChI is InChI=1S/C18H34N2O2/c1-17(2,3)9-10-19-12-13-11-14-7-8-15(13)20(14)16(21)22-18(4,5)6/h13-15,19H,7-12H2,1-6H3. The summed E-state index contributed by atoms with van der Waals surface area (Å²) in [6, 6.07) is 0.774. The maximum absolute atomic E-state index is 12.4. The number of nitrogens with one attached hydrogen (secondary N) is 1. The first kappa shape index (κ1) is 17.6. The second kappa shape index (κ2) is 6.38. The first-order chi connectivity index (χ1) is 10.1. The van der Waals surface area contributed by atoms with Crippen LogP contribution in [0.15, 0.2) is 0 Å². The fraction of sp³-hybridized carbons (Fsp3) is 0.944. The third-order valence-electron chi connectivity index (χ3n) is 4.73. The van der Waals surface area contributed by atoms with Crippen molar-refractivity contribution in [3.8, 4) is 0 Å². The van der Waals surface area contributed by atoms with Gasteiger partial charge >= 0.3 is 6.09 Å². The Morgan fingerprint density at radius 3 is 2.45 bits per heavy atom. The number of fused-ring (bicyclic) bond motifs is 2. The van der Waals surface area contributed by atoms with Crippen molar-refractivity contribution in [2.75, 3.05) is 13.1 Å². The Bertz CT molecular complexity index is 395. The van der Waals surface area contributed by atoms with Gasteiger partial charge in [0.2, 0.25) is 0 Å². The van der Waals surface area contributed by atoms with Gasteiger partial charge in [0, 0.05) is 12.1 Å². The highest BCUT2D eigenvalue weighted by molar-refractivity contribution is 5.70. The Morgan fingerprint density at radius 2 is 1.86 bits per heavy atom. The van der Waals surface area contributed by atoms with Gasteiger partial charge in [0.05, 0.1) is 0 Å². The predicted octanol–water partition coefficient (Wildman–Crippen LogP) is 3.80. The molecule has 0 aromatic rings. The van der Waals surface area contributed by atoms with Gasteiger partial charge in [-0.2, -0.15) is 0 Å². The molecule has 0 saturated carbocycles. The number of rotatable bonds is 4. The molecular weight excluding hydrogens is 276 g/mol. The molecule has 0 aromatic carbocycles. The van der Waals surface area contributed by atoms with Crippen LogP contribution in [0, 0.1) is 11.3 Å². The Kier molecular flexibility index (Phi) is 5.10. The summed E-state index contributed by atoms with van der Waals surface area (Å²) >= 11 is 0. The minimum absolute atomic E-state index is 0.114. The van der Waals surface area contributed by atoms with Gasteiger partial charge in [0.1, 0.15) is 5.60 Å². The molecule has 0 aromatic heterocycles. The van der Waals surface area contributed by atoms with E-state index in [9.17, 15) is 4.79 Å². The average Bonchev–Trinajstić information content (AvgIpc) is 2.88. The van der Waals surface area contributed by atoms with Crippen molar-refractivity contribution >= 4 is 6.09 Å². The average molecular weight is 310 g/mol. The number of carbonyl (C=O) groups excluding carboxylic acids is 1. The summed E-state index contributed by atoms with van der Waals surface area (Å²) in [5, 5.41) is 3.60. The van der Waals surface area contributed by atoms with Crippen LogP contribution in [0.5, 0.6) is 0 Å². The molecule has 1 amide bonds. The first-order valence-electron chi connectivity index (χ1n) is 8.79. The molecule has 2 aliphatic rings. The van der Waals surface area contributed by atoms with Crippen LogP contribution in [0.4, 0.5) is 4.79 Å². The van der Waals surface area contributed by atoms with Gasteiger partial charge < -0.3 is 15.0 Å². The van der Waals surface area contributed by atoms with Crippen molar-refractivity contribution in [2.45, 2.75) is 84.9 Å². The minimum Gasteiger partial charge on any atom is -0.444 e. The van der Waals surface area contributed by atoms with Gasteiger partial charge in [-0.1, -0.05) is 20.8 Å². The molecule has 2 bridgehead atoms. The van der Waals surface area contributed by atoms with Gasteiger partial charge in [-0.05, 0) is 70.9 Å². The largest absolute Gasteiger partial charge is 0.444 e. The monoisotopic (exact) mass is 310 g/mol. The van der Waals surface area contributed by atoms with Crippen molar-refractivity contribution in [3.05, 3.63) is 0 Å². The summed E-state index contributed by atoms with van der Waals surface area (Å²) in [4.78, 5) is 14.4. The van der Waals surface area contributed by atoms with Crippen molar-refractivity contribution in [2.24, 2.45) is 11.3 Å². The zero-order valence-corrected chi connectivity index (χ0v) is 15.2. The zero-order valence-electron chi connectivity index (χ0n) is 15.2. The molecule has 2 rings (SSSR count). The fourth-order valence-electron chi connectivity index (χ4n) is 3.68. The summed E-state index contributed by atoms with van der Waals surface area (Å²) < 4.78 is 5.59. The maximum Gasteiger partial charge on any atom is 0.410 e. The molecule has 4 heteroatoms. The van der Waals surface area contributed by atoms with Crippen molar-refractivity contribution in [3.63, 3.8) is 0 Å². The molecule has 1 N–H and O–H groups in total. The van der Waals surface area contributed by atoms with Crippen LogP contribution in [-0.4, -0.2) is 41.8 Å². The highest BCUT2D eigenvalue weighted by Gasteiger charge is 2.49. The lowest BCUT2D eigenvalue weighted by molar-refractivity contribution is 0.0205. The van der Waals surface area contributed by atoms with E-state index in [0.29, 0.717) is 23.4 Å². The molecular formula is C18H34N2O2. The number of nitrogens with zero attached hydrogens (tertiary/aromatic N) is 1. The predicted molar refractivity (Wildman–Crippen MR) is 89.9 cm³/mol. The topological polar surface area (TPSA) is 41.6 Å². The Balaban J connectivity index is 1.82. The van der Waals surface area contributed by atoms with Crippen LogP contribution < -0.4 is 5.32 Å². The lowest BCUT2D eigenvalue weighted by Gasteiger charge is -2.28. The third-order valence-corrected chi connectivity index (χ3v) is 4.73. The SMILES string of the molecule is CC(C)(C)CCNCC1CC2CCC1N2C(=O)OC(C)(C)C. The summed E-state index contributed by atoms with van der Waals surface area (Å²) in [7, 11) is 0. The summed E-state index contributed by atoms with van der Waals surface area (Å²) in [5.74, 6) is 0.589. The van der Waals surface area contributed by atoms with Gasteiger partial charge in [0.25, 0.3) is 0 Å². The molecule has 0 radical (unpaired) electrons. The molecule has 4 nitrogen and oxygen atoms in total. The number of hydrogen-bond acceptors (Lipinski definition) is 3. The Labute approximate surface area is 136 Å². The highest BCUT2D eigenvalue weighted by Crippen LogP contribution is 2.42. The molecule has 3 unspecified atom stereocenters. The minimum atomic E-state index is -0.403. The van der Waals surface area contributed by atoms with Crippen LogP contribution >= 0.6 is 0 Å². The summed E-state index contributed by atoms with van der Waals surface area (Å²) in [6.07, 6.45) is 4.48. The maximum atomic E-state index is 12.4. The molecule has 2 saturated heterocycles. The number of ether oxygens (including phenoxy) is 1. The summed E-state index contributed by atoms with van der Waals surface area (Å²) in [6.45, 7) is 14.7. The lowest BCUT2D eigenvalue weighted by atomic mass is 9.88. The van der Waals surface area contributed by atoms with Crippen LogP contribution in [0.25, 0.3) is 0 Å². The van der Waals surface area contributed by atoms with E-state index in [0.717, 1.165) is 32.4 Å². The number of carbonyl (C=O) groups is 1. The first-order valence-corrected chi connectivity index (χ1v) is 8.79. The van der Waals surface area contributed by atoms with E-state index in [1.807, 2.05) is 25.7 Å². The van der Waals surface area contributed by atoms with E-state index in [2.05, 4.69) is 26.1 Å². The highest BCUT2D eigenvalue weighted by atomic mass is 16.6. The third kappa shape index (κ3) is 4.61. The second-order valence-corrected chi connectivity index (χ2v) is 9.20. The van der Waals surface area contributed by atoms with Crippen LogP contribution in [0.1, 0.15) is 67.2 Å². The Morgan fingerprint density at radius 1 is 1.18 bits per heavy atom. The lowest BCUT2D eigenvalue weighted by Crippen LogP contribution is -2.41. The Hall–Kier alpha value is -0.770. The quantitative estimate of drug-likeness (QED) is 0.803. The van der Waals surface area contributed by atoms with E-state index in [1.54, 1.807) is 0 Å². The van der Waals surface area contributed by atoms with Gasteiger partial charge in [-0.15, -0.1) is 0 Å². The second-order valence-electron chi connectivity index (χ2n) is 9.20. The number of amides is 1. The molecule has 2 fully saturated rings. The van der Waals surface area contributed by atoms with Gasteiger partial charge in [-0.25, -0.2) is 4.79 Å². The van der Waals surface area contributed by atoms with Gasteiger partial charge in [-0.3, -0.25) is 0 Å². The smallest absolute Gasteiger partial charge is 0.410 e. The van der Waals surface area contributed by atoms with Crippen molar-refractivity contribution in [1.29, 1.82) is 0 Å². The van der Waals surface area contributed by atoms with Gasteiger partial charge in [0.15, 0.2) is 0 Å². The van der Waals surface area contributed by atoms with E-state index < -0.39 is 5.60 Å². The van der Waals surface area contributed by atoms with Crippen LogP contribution in [-0.2, 0) is 4.74 Å². The van der Waals surface area contributed by atoms with E-state index in [1.165, 1.54) is 6.42 Å². The normalized spacial score (nSPS) is 28.3. The number of hydrogen-bond donors (Lipinski definition) is 1.